The Morgan fingerprint density at radius 2 is 1.72 bits per heavy atom. The fourth-order valence-electron chi connectivity index (χ4n) is 9.69. The number of allylic oxidation sites excluding steroid dienone is 4. The highest BCUT2D eigenvalue weighted by Crippen LogP contribution is 2.72. The summed E-state index contributed by atoms with van der Waals surface area (Å²) in [5.41, 5.74) is 5.67. The van der Waals surface area contributed by atoms with E-state index >= 15 is 0 Å². The number of rotatable bonds is 1. The van der Waals surface area contributed by atoms with E-state index < -0.39 is 17.0 Å². The molecule has 5 aliphatic carbocycles. The van der Waals surface area contributed by atoms with E-state index in [0.29, 0.717) is 0 Å². The zero-order valence-corrected chi connectivity index (χ0v) is 22.7. The first-order chi connectivity index (χ1) is 16.6. The zero-order chi connectivity index (χ0) is 26.5. The Morgan fingerprint density at radius 1 is 1.06 bits per heavy atom. The number of hydrogen-bond acceptors (Lipinski definition) is 3. The summed E-state index contributed by atoms with van der Waals surface area (Å²) in [5, 5.41) is 3.15. The maximum atomic E-state index is 14.3. The van der Waals surface area contributed by atoms with Crippen LogP contribution in [0.15, 0.2) is 23.4 Å². The highest BCUT2D eigenvalue weighted by Gasteiger charge is 2.69. The van der Waals surface area contributed by atoms with Crippen LogP contribution in [0, 0.1) is 51.9 Å². The largest absolute Gasteiger partial charge is 0.352 e. The third-order valence-corrected chi connectivity index (χ3v) is 11.9. The first kappa shape index (κ1) is 25.2. The molecule has 6 heteroatoms. The number of urea groups is 1. The molecule has 0 aromatic rings. The standard InChI is InChI=1S/C30H41N3O3/c1-17-18-8-9-28(5)22(27(18,4)16-20(32-7)24(17)35)14-21(34)23-19-15-26(2,3)10-12-30(19,33-25(31)36)13-11-29(23,28)6/h14,16-19,23H,8-13,15H2,1-6H3,(H3,31,33,36)/t17-,18-,19-,23-,27-,28+,29+,30-/m0/s1. The van der Waals surface area contributed by atoms with Crippen LogP contribution in [0.1, 0.15) is 86.5 Å². The molecule has 0 aromatic heterocycles. The van der Waals surface area contributed by atoms with Gasteiger partial charge in [0.1, 0.15) is 0 Å². The Bertz CT molecular complexity index is 1160. The zero-order valence-electron chi connectivity index (χ0n) is 22.7. The van der Waals surface area contributed by atoms with Crippen LogP contribution in [0.5, 0.6) is 0 Å². The summed E-state index contributed by atoms with van der Waals surface area (Å²) in [5.74, 6) is -0.219. The normalized spacial score (nSPS) is 47.1. The molecule has 0 unspecified atom stereocenters. The number of hydrogen-bond donors (Lipinski definition) is 2. The summed E-state index contributed by atoms with van der Waals surface area (Å²) < 4.78 is 0. The van der Waals surface area contributed by atoms with Crippen LogP contribution in [-0.2, 0) is 9.59 Å². The van der Waals surface area contributed by atoms with Gasteiger partial charge in [0.25, 0.3) is 0 Å². The van der Waals surface area contributed by atoms with Crippen molar-refractivity contribution in [1.82, 2.24) is 5.32 Å². The lowest BCUT2D eigenvalue weighted by atomic mass is 9.36. The average Bonchev–Trinajstić information content (AvgIpc) is 2.78. The summed E-state index contributed by atoms with van der Waals surface area (Å²) in [6.45, 7) is 20.9. The fourth-order valence-corrected chi connectivity index (χ4v) is 9.69. The van der Waals surface area contributed by atoms with Crippen molar-refractivity contribution in [2.24, 2.45) is 51.1 Å². The quantitative estimate of drug-likeness (QED) is 0.468. The van der Waals surface area contributed by atoms with Gasteiger partial charge >= 0.3 is 6.03 Å². The third kappa shape index (κ3) is 3.10. The van der Waals surface area contributed by atoms with Crippen molar-refractivity contribution in [2.45, 2.75) is 92.0 Å². The van der Waals surface area contributed by atoms with E-state index in [9.17, 15) is 14.4 Å². The third-order valence-electron chi connectivity index (χ3n) is 11.9. The van der Waals surface area contributed by atoms with E-state index in [1.54, 1.807) is 0 Å². The predicted molar refractivity (Wildman–Crippen MR) is 138 cm³/mol. The van der Waals surface area contributed by atoms with Gasteiger partial charge in [-0.25, -0.2) is 9.64 Å². The lowest BCUT2D eigenvalue weighted by Crippen LogP contribution is -2.69. The summed E-state index contributed by atoms with van der Waals surface area (Å²) >= 11 is 0. The monoisotopic (exact) mass is 491 g/mol. The van der Waals surface area contributed by atoms with Crippen molar-refractivity contribution in [1.29, 1.82) is 0 Å². The molecule has 5 rings (SSSR count). The molecule has 6 nitrogen and oxygen atoms in total. The number of amides is 2. The molecule has 3 N–H and O–H groups in total. The van der Waals surface area contributed by atoms with Crippen LogP contribution < -0.4 is 11.1 Å². The first-order valence-electron chi connectivity index (χ1n) is 13.6. The molecular weight excluding hydrogens is 450 g/mol. The number of nitrogens with one attached hydrogen (secondary N) is 1. The summed E-state index contributed by atoms with van der Waals surface area (Å²) in [6.07, 6.45) is 9.99. The minimum Gasteiger partial charge on any atom is -0.352 e. The topological polar surface area (TPSA) is 93.6 Å². The Hall–Kier alpha value is -2.42. The number of carbonyl (C=O) groups is 3. The van der Waals surface area contributed by atoms with Gasteiger partial charge in [0.2, 0.25) is 5.70 Å². The summed E-state index contributed by atoms with van der Waals surface area (Å²) in [4.78, 5) is 42.9. The SMILES string of the molecule is [C-]#[N+]C1=C[C@]2(C)C3=CC(=O)[C@@H]4[C@@H]5CC(C)(C)CC[C@]5(NC(N)=O)CC[C@@]4(C)[C@]3(C)CC[C@H]2[C@H](C)C1=O. The van der Waals surface area contributed by atoms with Crippen LogP contribution >= 0.6 is 0 Å². The Labute approximate surface area is 215 Å². The van der Waals surface area contributed by atoms with E-state index in [-0.39, 0.29) is 57.2 Å². The smallest absolute Gasteiger partial charge is 0.312 e. The maximum absolute atomic E-state index is 14.3. The summed E-state index contributed by atoms with van der Waals surface area (Å²) in [6, 6.07) is -0.500. The number of carbonyl (C=O) groups excluding carboxylic acids is 3. The van der Waals surface area contributed by atoms with Gasteiger partial charge in [0, 0.05) is 22.8 Å². The van der Waals surface area contributed by atoms with Crippen molar-refractivity contribution in [2.75, 3.05) is 0 Å². The van der Waals surface area contributed by atoms with Crippen molar-refractivity contribution >= 4 is 17.6 Å². The molecule has 3 fully saturated rings. The van der Waals surface area contributed by atoms with Crippen LogP contribution in [0.25, 0.3) is 4.85 Å². The minimum atomic E-state index is -0.500. The van der Waals surface area contributed by atoms with Crippen LogP contribution in [-0.4, -0.2) is 23.1 Å². The molecule has 0 radical (unpaired) electrons. The van der Waals surface area contributed by atoms with Gasteiger partial charge in [0.05, 0.1) is 6.57 Å². The molecule has 8 atom stereocenters. The molecule has 5 aliphatic rings. The van der Waals surface area contributed by atoms with Crippen molar-refractivity contribution in [3.63, 3.8) is 0 Å². The highest BCUT2D eigenvalue weighted by molar-refractivity contribution is 6.01. The van der Waals surface area contributed by atoms with Gasteiger partial charge in [-0.05, 0) is 79.1 Å². The molecule has 2 amide bonds. The number of nitrogens with zero attached hydrogens (tertiary/aromatic N) is 1. The van der Waals surface area contributed by atoms with Gasteiger partial charge in [0.15, 0.2) is 11.6 Å². The predicted octanol–water partition coefficient (Wildman–Crippen LogP) is 5.59. The molecule has 3 saturated carbocycles. The molecular formula is C30H41N3O3. The van der Waals surface area contributed by atoms with Gasteiger partial charge < -0.3 is 15.8 Å². The van der Waals surface area contributed by atoms with E-state index in [2.05, 4.69) is 44.8 Å². The van der Waals surface area contributed by atoms with E-state index in [1.807, 2.05) is 19.1 Å². The van der Waals surface area contributed by atoms with Crippen molar-refractivity contribution < 1.29 is 14.4 Å². The van der Waals surface area contributed by atoms with Gasteiger partial charge in [-0.2, -0.15) is 0 Å². The lowest BCUT2D eigenvalue weighted by molar-refractivity contribution is -0.158. The number of ketones is 2. The second-order valence-corrected chi connectivity index (χ2v) is 14.0. The molecule has 0 bridgehead atoms. The molecule has 0 aliphatic heterocycles. The average molecular weight is 492 g/mol. The molecule has 0 aromatic carbocycles. The van der Waals surface area contributed by atoms with Crippen LogP contribution in [0.3, 0.4) is 0 Å². The van der Waals surface area contributed by atoms with E-state index in [4.69, 9.17) is 12.3 Å². The maximum Gasteiger partial charge on any atom is 0.312 e. The fraction of sp³-hybridized carbons (Fsp3) is 0.733. The van der Waals surface area contributed by atoms with Crippen molar-refractivity contribution in [3.8, 4) is 0 Å². The Kier molecular flexibility index (Phi) is 5.30. The van der Waals surface area contributed by atoms with Crippen LogP contribution in [0.4, 0.5) is 4.79 Å². The second kappa shape index (κ2) is 7.55. The molecule has 0 heterocycles. The van der Waals surface area contributed by atoms with Gasteiger partial charge in [-0.1, -0.05) is 53.2 Å². The molecule has 36 heavy (non-hydrogen) atoms. The highest BCUT2D eigenvalue weighted by atomic mass is 16.2. The second-order valence-electron chi connectivity index (χ2n) is 14.0. The molecule has 0 spiro atoms. The first-order valence-corrected chi connectivity index (χ1v) is 13.6. The number of primary amides is 1. The summed E-state index contributed by atoms with van der Waals surface area (Å²) in [7, 11) is 0. The van der Waals surface area contributed by atoms with Gasteiger partial charge in [-0.15, -0.1) is 0 Å². The Balaban J connectivity index is 1.68. The minimum absolute atomic E-state index is 0.0290. The number of Topliss-reactive ketones (excluding diaryl/α,β-unsaturated/α-hetero) is 1. The number of fused-ring (bicyclic) bond motifs is 7. The molecule has 194 valence electrons. The van der Waals surface area contributed by atoms with E-state index in [0.717, 1.165) is 50.5 Å². The van der Waals surface area contributed by atoms with E-state index in [1.165, 1.54) is 0 Å². The number of nitrogens with two attached hydrogens (primary N) is 1. The van der Waals surface area contributed by atoms with Crippen molar-refractivity contribution in [3.05, 3.63) is 34.8 Å². The molecule has 0 saturated heterocycles. The van der Waals surface area contributed by atoms with Gasteiger partial charge in [-0.3, -0.25) is 4.79 Å². The lowest BCUT2D eigenvalue weighted by Gasteiger charge is -2.68. The Morgan fingerprint density at radius 3 is 2.36 bits per heavy atom. The van der Waals surface area contributed by atoms with Crippen LogP contribution in [0.2, 0.25) is 0 Å².